The number of likely N-dealkylation sites (tertiary alicyclic amines) is 1. The van der Waals surface area contributed by atoms with E-state index >= 15 is 0 Å². The molecule has 2 aliphatic rings. The minimum absolute atomic E-state index is 0.661. The molecule has 6 heteroatoms. The van der Waals surface area contributed by atoms with Gasteiger partial charge in [-0.05, 0) is 52.2 Å². The monoisotopic (exact) mass is 512 g/mol. The molecule has 0 unspecified atom stereocenters. The lowest BCUT2D eigenvalue weighted by Gasteiger charge is -2.24. The lowest BCUT2D eigenvalue weighted by molar-refractivity contribution is 0.0592. The van der Waals surface area contributed by atoms with Crippen LogP contribution >= 0.6 is 0 Å². The second-order valence-corrected chi connectivity index (χ2v) is 7.79. The lowest BCUT2D eigenvalue weighted by Crippen LogP contribution is -2.32. The Morgan fingerprint density at radius 2 is 1.22 bits per heavy atom. The summed E-state index contributed by atoms with van der Waals surface area (Å²) in [6.45, 7) is 30.0. The molecule has 0 radical (unpaired) electrons. The molecule has 0 aromatic rings. The van der Waals surface area contributed by atoms with Crippen molar-refractivity contribution in [1.82, 2.24) is 25.8 Å². The van der Waals surface area contributed by atoms with Crippen molar-refractivity contribution in [2.24, 2.45) is 5.92 Å². The van der Waals surface area contributed by atoms with E-state index in [9.17, 15) is 0 Å². The van der Waals surface area contributed by atoms with Crippen molar-refractivity contribution in [3.8, 4) is 0 Å². The Bertz CT molecular complexity index is 452. The maximum Gasteiger partial charge on any atom is 0.0642 e. The first-order valence-corrected chi connectivity index (χ1v) is 14.3. The molecule has 216 valence electrons. The number of piperidine rings is 1. The summed E-state index contributed by atoms with van der Waals surface area (Å²) in [7, 11) is 1.93. The number of allylic oxidation sites excluding steroid dienone is 2. The van der Waals surface area contributed by atoms with Crippen LogP contribution in [0.3, 0.4) is 0 Å². The zero-order valence-corrected chi connectivity index (χ0v) is 25.9. The zero-order valence-electron chi connectivity index (χ0n) is 25.9. The summed E-state index contributed by atoms with van der Waals surface area (Å²) in [5.74, 6) is 0.661. The van der Waals surface area contributed by atoms with E-state index in [1.807, 2.05) is 60.3 Å². The molecule has 2 heterocycles. The van der Waals surface area contributed by atoms with Crippen LogP contribution < -0.4 is 16.0 Å². The highest BCUT2D eigenvalue weighted by molar-refractivity contribution is 4.82. The molecular formula is C30H65N5O. The van der Waals surface area contributed by atoms with Gasteiger partial charge in [0, 0.05) is 71.1 Å². The molecule has 3 N–H and O–H groups in total. The first-order valence-electron chi connectivity index (χ1n) is 14.3. The average Bonchev–Trinajstić information content (AvgIpc) is 2.92. The number of nitrogens with zero attached hydrogens (tertiary/aromatic N) is 2. The van der Waals surface area contributed by atoms with Gasteiger partial charge in [0.15, 0.2) is 0 Å². The maximum atomic E-state index is 5.21. The molecule has 2 aliphatic heterocycles. The van der Waals surface area contributed by atoms with Crippen molar-refractivity contribution < 1.29 is 4.74 Å². The summed E-state index contributed by atoms with van der Waals surface area (Å²) in [6.07, 6.45) is 18.2. The van der Waals surface area contributed by atoms with Crippen molar-refractivity contribution in [2.45, 2.75) is 81.6 Å². The molecule has 36 heavy (non-hydrogen) atoms. The van der Waals surface area contributed by atoms with Crippen LogP contribution in [-0.2, 0) is 4.74 Å². The van der Waals surface area contributed by atoms with E-state index in [0.717, 1.165) is 39.4 Å². The molecule has 0 atom stereocenters. The topological polar surface area (TPSA) is 51.8 Å². The third-order valence-electron chi connectivity index (χ3n) is 4.30. The van der Waals surface area contributed by atoms with Crippen LogP contribution in [0.5, 0.6) is 0 Å². The molecule has 2 rings (SSSR count). The average molecular weight is 512 g/mol. The molecule has 6 nitrogen and oxygen atoms in total. The summed E-state index contributed by atoms with van der Waals surface area (Å²) in [5.41, 5.74) is 0. The van der Waals surface area contributed by atoms with E-state index in [0.29, 0.717) is 5.92 Å². The number of hydrogen-bond acceptors (Lipinski definition) is 6. The Kier molecular flexibility index (Phi) is 45.7. The maximum absolute atomic E-state index is 5.21. The molecule has 0 aliphatic carbocycles. The molecule has 2 fully saturated rings. The van der Waals surface area contributed by atoms with Crippen LogP contribution in [0.4, 0.5) is 0 Å². The second kappa shape index (κ2) is 40.1. The molecule has 2 saturated heterocycles. The number of hydrogen-bond donors (Lipinski definition) is 3. The van der Waals surface area contributed by atoms with Gasteiger partial charge in [-0.25, -0.2) is 0 Å². The number of rotatable bonds is 8. The van der Waals surface area contributed by atoms with Crippen LogP contribution in [0, 0.1) is 5.92 Å². The standard InChI is InChI=1S/C8H16N2O.C8H16N2.C7H15N.C3H6.2C2H6/c1-2-9-3-4-10-5-7-11-8-6-10;1-9-5-8-10-6-3-2-4-7-10;1-4-8-6-5-7(2)3;1-3-2;2*1-2/h3-4,9H,2,5-8H2,1H3;5,8-9H,2-4,6-7H2,1H3;5-8H,4H2,1-3H3;3H,1H2,2H3;2*1-2H3. The van der Waals surface area contributed by atoms with Crippen LogP contribution in [0.1, 0.15) is 81.6 Å². The predicted octanol–water partition coefficient (Wildman–Crippen LogP) is 6.57. The van der Waals surface area contributed by atoms with E-state index in [4.69, 9.17) is 4.74 Å². The molecular weight excluding hydrogens is 446 g/mol. The van der Waals surface area contributed by atoms with Gasteiger partial charge in [0.05, 0.1) is 13.2 Å². The van der Waals surface area contributed by atoms with Gasteiger partial charge in [0.2, 0.25) is 0 Å². The number of nitrogens with one attached hydrogen (secondary N) is 3. The molecule has 0 amide bonds. The van der Waals surface area contributed by atoms with Crippen molar-refractivity contribution in [2.75, 3.05) is 59.5 Å². The second-order valence-electron chi connectivity index (χ2n) is 7.79. The van der Waals surface area contributed by atoms with Gasteiger partial charge >= 0.3 is 0 Å². The van der Waals surface area contributed by atoms with Gasteiger partial charge in [-0.2, -0.15) is 0 Å². The highest BCUT2D eigenvalue weighted by Crippen LogP contribution is 2.07. The van der Waals surface area contributed by atoms with Crippen molar-refractivity contribution in [3.05, 3.63) is 49.7 Å². The first-order chi connectivity index (χ1) is 17.5. The highest BCUT2D eigenvalue weighted by Gasteiger charge is 2.04. The van der Waals surface area contributed by atoms with Gasteiger partial charge in [-0.3, -0.25) is 0 Å². The SMILES string of the molecule is C=CC.CC.CC.CCNC=CC(C)C.CCNC=CN1CCOCC1.CNC=CN1CCCCC1. The van der Waals surface area contributed by atoms with Crippen LogP contribution in [0.15, 0.2) is 49.7 Å². The Morgan fingerprint density at radius 3 is 1.67 bits per heavy atom. The summed E-state index contributed by atoms with van der Waals surface area (Å²) in [4.78, 5) is 4.62. The minimum Gasteiger partial charge on any atom is -0.393 e. The predicted molar refractivity (Wildman–Crippen MR) is 165 cm³/mol. The third kappa shape index (κ3) is 39.1. The highest BCUT2D eigenvalue weighted by atomic mass is 16.5. The zero-order chi connectivity index (χ0) is 28.3. The number of morpholine rings is 1. The normalized spacial score (nSPS) is 14.5. The molecule has 0 aromatic carbocycles. The smallest absolute Gasteiger partial charge is 0.0642 e. The van der Waals surface area contributed by atoms with Crippen LogP contribution in [0.25, 0.3) is 0 Å². The fraction of sp³-hybridized carbons (Fsp3) is 0.733. The fourth-order valence-electron chi connectivity index (χ4n) is 2.63. The van der Waals surface area contributed by atoms with Crippen LogP contribution in [0.2, 0.25) is 0 Å². The van der Waals surface area contributed by atoms with Crippen LogP contribution in [-0.4, -0.2) is 69.3 Å². The van der Waals surface area contributed by atoms with Crippen molar-refractivity contribution >= 4 is 0 Å². The minimum atomic E-state index is 0.661. The number of ether oxygens (including phenoxy) is 1. The molecule has 0 saturated carbocycles. The van der Waals surface area contributed by atoms with Gasteiger partial charge in [-0.1, -0.05) is 53.7 Å². The molecule has 0 spiro atoms. The largest absolute Gasteiger partial charge is 0.393 e. The Balaban J connectivity index is -0.000000191. The van der Waals surface area contributed by atoms with E-state index in [2.05, 4.69) is 78.5 Å². The fourth-order valence-corrected chi connectivity index (χ4v) is 2.63. The lowest BCUT2D eigenvalue weighted by atomic mass is 10.1. The van der Waals surface area contributed by atoms with Crippen molar-refractivity contribution in [3.63, 3.8) is 0 Å². The van der Waals surface area contributed by atoms with Gasteiger partial charge in [-0.15, -0.1) is 6.58 Å². The summed E-state index contributed by atoms with van der Waals surface area (Å²) >= 11 is 0. The summed E-state index contributed by atoms with van der Waals surface area (Å²) in [6, 6.07) is 0. The van der Waals surface area contributed by atoms with Gasteiger partial charge in [0.25, 0.3) is 0 Å². The Hall–Kier alpha value is -2.08. The van der Waals surface area contributed by atoms with Crippen molar-refractivity contribution in [1.29, 1.82) is 0 Å². The Labute approximate surface area is 227 Å². The Morgan fingerprint density at radius 1 is 0.778 bits per heavy atom. The molecule has 0 bridgehead atoms. The molecule has 0 aromatic heterocycles. The van der Waals surface area contributed by atoms with E-state index in [-0.39, 0.29) is 0 Å². The van der Waals surface area contributed by atoms with E-state index in [1.54, 1.807) is 6.08 Å². The van der Waals surface area contributed by atoms with E-state index < -0.39 is 0 Å². The quantitative estimate of drug-likeness (QED) is 0.320. The van der Waals surface area contributed by atoms with E-state index in [1.165, 1.54) is 32.4 Å². The first kappa shape index (κ1) is 41.1. The van der Waals surface area contributed by atoms with Gasteiger partial charge < -0.3 is 30.5 Å². The summed E-state index contributed by atoms with van der Waals surface area (Å²) < 4.78 is 5.21. The van der Waals surface area contributed by atoms with Gasteiger partial charge in [0.1, 0.15) is 0 Å². The third-order valence-corrected chi connectivity index (χ3v) is 4.30. The summed E-state index contributed by atoms with van der Waals surface area (Å²) in [5, 5.41) is 9.22.